The van der Waals surface area contributed by atoms with Crippen LogP contribution in [-0.4, -0.2) is 15.5 Å². The van der Waals surface area contributed by atoms with E-state index in [1.165, 1.54) is 12.8 Å². The van der Waals surface area contributed by atoms with Gasteiger partial charge in [0.2, 0.25) is 5.95 Å². The SMILES string of the molecule is CC(C)(Nc1nc(N)ncc1F)C1CC1. The Morgan fingerprint density at radius 1 is 1.53 bits per heavy atom. The molecule has 0 unspecified atom stereocenters. The molecule has 1 saturated carbocycles. The van der Waals surface area contributed by atoms with E-state index in [1.54, 1.807) is 0 Å². The van der Waals surface area contributed by atoms with Crippen LogP contribution in [0.4, 0.5) is 16.2 Å². The van der Waals surface area contributed by atoms with Crippen LogP contribution in [0.2, 0.25) is 0 Å². The number of aromatic nitrogens is 2. The molecular formula is C10H15FN4. The second kappa shape index (κ2) is 3.32. The molecule has 82 valence electrons. The molecule has 0 saturated heterocycles. The lowest BCUT2D eigenvalue weighted by molar-refractivity contribution is 0.485. The quantitative estimate of drug-likeness (QED) is 0.798. The first-order chi connectivity index (χ1) is 6.99. The number of hydrogen-bond acceptors (Lipinski definition) is 4. The third-order valence-electron chi connectivity index (χ3n) is 2.80. The summed E-state index contributed by atoms with van der Waals surface area (Å²) in [5.74, 6) is 0.413. The third kappa shape index (κ3) is 2.16. The molecule has 0 radical (unpaired) electrons. The van der Waals surface area contributed by atoms with Gasteiger partial charge in [-0.2, -0.15) is 4.98 Å². The number of nitrogens with zero attached hydrogens (tertiary/aromatic N) is 2. The maximum absolute atomic E-state index is 13.3. The van der Waals surface area contributed by atoms with Crippen LogP contribution in [0.25, 0.3) is 0 Å². The predicted octanol–water partition coefficient (Wildman–Crippen LogP) is 1.80. The lowest BCUT2D eigenvalue weighted by atomic mass is 9.99. The van der Waals surface area contributed by atoms with Gasteiger partial charge in [0.05, 0.1) is 6.20 Å². The highest BCUT2D eigenvalue weighted by atomic mass is 19.1. The number of hydrogen-bond donors (Lipinski definition) is 2. The molecule has 1 aliphatic carbocycles. The van der Waals surface area contributed by atoms with Crippen molar-refractivity contribution in [3.63, 3.8) is 0 Å². The summed E-state index contributed by atoms with van der Waals surface area (Å²) in [4.78, 5) is 7.43. The Kier molecular flexibility index (Phi) is 2.25. The Hall–Kier alpha value is -1.39. The van der Waals surface area contributed by atoms with Crippen molar-refractivity contribution in [3.05, 3.63) is 12.0 Å². The fraction of sp³-hybridized carbons (Fsp3) is 0.600. The van der Waals surface area contributed by atoms with Crippen molar-refractivity contribution < 1.29 is 4.39 Å². The van der Waals surface area contributed by atoms with Gasteiger partial charge in [0.1, 0.15) is 0 Å². The Morgan fingerprint density at radius 2 is 2.20 bits per heavy atom. The monoisotopic (exact) mass is 210 g/mol. The maximum Gasteiger partial charge on any atom is 0.222 e. The molecule has 1 aliphatic rings. The van der Waals surface area contributed by atoms with Crippen LogP contribution >= 0.6 is 0 Å². The van der Waals surface area contributed by atoms with Crippen LogP contribution in [0.3, 0.4) is 0 Å². The Morgan fingerprint density at radius 3 is 2.80 bits per heavy atom. The third-order valence-corrected chi connectivity index (χ3v) is 2.80. The smallest absolute Gasteiger partial charge is 0.222 e. The molecule has 1 fully saturated rings. The van der Waals surface area contributed by atoms with E-state index in [9.17, 15) is 4.39 Å². The Labute approximate surface area is 88.1 Å². The first-order valence-corrected chi connectivity index (χ1v) is 5.05. The second-order valence-electron chi connectivity index (χ2n) is 4.55. The molecule has 0 amide bonds. The van der Waals surface area contributed by atoms with Gasteiger partial charge >= 0.3 is 0 Å². The molecule has 0 aliphatic heterocycles. The van der Waals surface area contributed by atoms with Crippen molar-refractivity contribution >= 4 is 11.8 Å². The molecule has 1 heterocycles. The van der Waals surface area contributed by atoms with Crippen LogP contribution in [0.15, 0.2) is 6.20 Å². The molecule has 0 aromatic carbocycles. The van der Waals surface area contributed by atoms with Crippen LogP contribution in [-0.2, 0) is 0 Å². The molecule has 15 heavy (non-hydrogen) atoms. The number of nitrogens with one attached hydrogen (secondary N) is 1. The molecule has 2 rings (SSSR count). The van der Waals surface area contributed by atoms with E-state index < -0.39 is 5.82 Å². The van der Waals surface area contributed by atoms with Gasteiger partial charge in [-0.05, 0) is 32.6 Å². The largest absolute Gasteiger partial charge is 0.368 e. The first-order valence-electron chi connectivity index (χ1n) is 5.05. The van der Waals surface area contributed by atoms with Gasteiger partial charge < -0.3 is 11.1 Å². The minimum atomic E-state index is -0.460. The summed E-state index contributed by atoms with van der Waals surface area (Å²) in [6.45, 7) is 4.09. The zero-order valence-corrected chi connectivity index (χ0v) is 8.92. The highest BCUT2D eigenvalue weighted by Gasteiger charge is 2.38. The number of halogens is 1. The number of nitrogen functional groups attached to an aromatic ring is 1. The molecule has 0 spiro atoms. The summed E-state index contributed by atoms with van der Waals surface area (Å²) in [5, 5.41) is 3.08. The zero-order valence-electron chi connectivity index (χ0n) is 8.92. The molecule has 0 bridgehead atoms. The van der Waals surface area contributed by atoms with Gasteiger partial charge in [0, 0.05) is 5.54 Å². The normalized spacial score (nSPS) is 16.5. The van der Waals surface area contributed by atoms with Crippen molar-refractivity contribution in [1.29, 1.82) is 0 Å². The van der Waals surface area contributed by atoms with Crippen LogP contribution < -0.4 is 11.1 Å². The topological polar surface area (TPSA) is 63.8 Å². The van der Waals surface area contributed by atoms with E-state index in [2.05, 4.69) is 15.3 Å². The summed E-state index contributed by atoms with van der Waals surface area (Å²) in [6, 6.07) is 0. The van der Waals surface area contributed by atoms with Gasteiger partial charge in [0.15, 0.2) is 11.6 Å². The fourth-order valence-corrected chi connectivity index (χ4v) is 1.68. The minimum Gasteiger partial charge on any atom is -0.368 e. The first kappa shape index (κ1) is 10.1. The van der Waals surface area contributed by atoms with Crippen molar-refractivity contribution in [2.24, 2.45) is 5.92 Å². The van der Waals surface area contributed by atoms with E-state index >= 15 is 0 Å². The fourth-order valence-electron chi connectivity index (χ4n) is 1.68. The molecule has 0 atom stereocenters. The number of rotatable bonds is 3. The van der Waals surface area contributed by atoms with Gasteiger partial charge in [0.25, 0.3) is 0 Å². The van der Waals surface area contributed by atoms with E-state index in [-0.39, 0.29) is 17.3 Å². The molecule has 3 N–H and O–H groups in total. The molecule has 1 aromatic rings. The van der Waals surface area contributed by atoms with Crippen molar-refractivity contribution in [3.8, 4) is 0 Å². The van der Waals surface area contributed by atoms with Crippen LogP contribution in [0, 0.1) is 11.7 Å². The van der Waals surface area contributed by atoms with Gasteiger partial charge in [-0.1, -0.05) is 0 Å². The van der Waals surface area contributed by atoms with Crippen molar-refractivity contribution in [1.82, 2.24) is 9.97 Å². The number of nitrogens with two attached hydrogens (primary N) is 1. The van der Waals surface area contributed by atoms with E-state index in [1.807, 2.05) is 13.8 Å². The summed E-state index contributed by atoms with van der Waals surface area (Å²) < 4.78 is 13.3. The highest BCUT2D eigenvalue weighted by molar-refractivity contribution is 5.42. The maximum atomic E-state index is 13.3. The van der Waals surface area contributed by atoms with Gasteiger partial charge in [-0.3, -0.25) is 0 Å². The standard InChI is InChI=1S/C10H15FN4/c1-10(2,6-3-4-6)15-8-7(11)5-13-9(12)14-8/h5-6H,3-4H2,1-2H3,(H3,12,13,14,15). The van der Waals surface area contributed by atoms with E-state index in [4.69, 9.17) is 5.73 Å². The Bertz CT molecular complexity index is 374. The molecular weight excluding hydrogens is 195 g/mol. The summed E-state index contributed by atoms with van der Waals surface area (Å²) >= 11 is 0. The average Bonchev–Trinajstić information content (AvgIpc) is 2.93. The zero-order chi connectivity index (χ0) is 11.1. The summed E-state index contributed by atoms with van der Waals surface area (Å²) in [5.41, 5.74) is 5.27. The second-order valence-corrected chi connectivity index (χ2v) is 4.55. The lowest BCUT2D eigenvalue weighted by Crippen LogP contribution is -2.34. The Balaban J connectivity index is 2.19. The van der Waals surface area contributed by atoms with Gasteiger partial charge in [-0.15, -0.1) is 0 Å². The molecule has 4 nitrogen and oxygen atoms in total. The highest BCUT2D eigenvalue weighted by Crippen LogP contribution is 2.41. The van der Waals surface area contributed by atoms with Gasteiger partial charge in [-0.25, -0.2) is 9.37 Å². The van der Waals surface area contributed by atoms with E-state index in [0.717, 1.165) is 6.20 Å². The van der Waals surface area contributed by atoms with Crippen LogP contribution in [0.5, 0.6) is 0 Å². The van der Waals surface area contributed by atoms with E-state index in [0.29, 0.717) is 5.92 Å². The van der Waals surface area contributed by atoms with Crippen molar-refractivity contribution in [2.75, 3.05) is 11.1 Å². The number of anilines is 2. The minimum absolute atomic E-state index is 0.0884. The molecule has 1 aromatic heterocycles. The van der Waals surface area contributed by atoms with Crippen LogP contribution in [0.1, 0.15) is 26.7 Å². The van der Waals surface area contributed by atoms with Crippen molar-refractivity contribution in [2.45, 2.75) is 32.2 Å². The molecule has 5 heteroatoms. The summed E-state index contributed by atoms with van der Waals surface area (Å²) in [7, 11) is 0. The summed E-state index contributed by atoms with van der Waals surface area (Å²) in [6.07, 6.45) is 3.46. The average molecular weight is 210 g/mol. The predicted molar refractivity (Wildman–Crippen MR) is 56.8 cm³/mol. The lowest BCUT2D eigenvalue weighted by Gasteiger charge is -2.26.